The molecule has 138 valence electrons. The number of thioether (sulfide) groups is 1. The van der Waals surface area contributed by atoms with E-state index in [0.29, 0.717) is 24.9 Å². The third-order valence-electron chi connectivity index (χ3n) is 4.27. The van der Waals surface area contributed by atoms with Crippen molar-refractivity contribution in [3.05, 3.63) is 36.7 Å². The van der Waals surface area contributed by atoms with E-state index in [1.54, 1.807) is 18.2 Å². The fourth-order valence-electron chi connectivity index (χ4n) is 2.96. The molecule has 1 aliphatic rings. The van der Waals surface area contributed by atoms with Gasteiger partial charge in [0.15, 0.2) is 5.16 Å². The number of likely N-dealkylation sites (tertiary alicyclic amines) is 1. The molecule has 1 aromatic heterocycles. The minimum Gasteiger partial charge on any atom is -0.466 e. The Balaban J connectivity index is 1.58. The molecule has 1 amide bonds. The maximum Gasteiger partial charge on any atom is 0.310 e. The van der Waals surface area contributed by atoms with Crippen LogP contribution in [0.5, 0.6) is 0 Å². The van der Waals surface area contributed by atoms with E-state index < -0.39 is 0 Å². The molecule has 0 saturated carbocycles. The van der Waals surface area contributed by atoms with E-state index in [1.165, 1.54) is 11.8 Å². The molecule has 2 aromatic rings. The fourth-order valence-corrected chi connectivity index (χ4v) is 3.79. The number of nitrogens with zero attached hydrogens (tertiary/aromatic N) is 4. The molecule has 3 rings (SSSR count). The second kappa shape index (κ2) is 8.84. The van der Waals surface area contributed by atoms with E-state index in [1.807, 2.05) is 34.9 Å². The molecular weight excluding hydrogens is 352 g/mol. The number of ether oxygens (including phenoxy) is 1. The standard InChI is InChI=1S/C18H22N4O3S/c1-2-25-17(24)14-7-6-10-21(11-14)16(23)12-26-18-20-19-13-22(18)15-8-4-3-5-9-15/h3-5,8-9,13-14H,2,6-7,10-12H2,1H3/t14-/m1/s1. The summed E-state index contributed by atoms with van der Waals surface area (Å²) in [7, 11) is 0. The molecule has 0 radical (unpaired) electrons. The van der Waals surface area contributed by atoms with Gasteiger partial charge in [-0.15, -0.1) is 10.2 Å². The Morgan fingerprint density at radius 3 is 2.88 bits per heavy atom. The maximum atomic E-state index is 12.6. The molecule has 1 aliphatic heterocycles. The van der Waals surface area contributed by atoms with Crippen LogP contribution < -0.4 is 0 Å². The number of benzene rings is 1. The van der Waals surface area contributed by atoms with Crippen molar-refractivity contribution in [1.82, 2.24) is 19.7 Å². The topological polar surface area (TPSA) is 77.3 Å². The molecule has 8 heteroatoms. The molecule has 0 spiro atoms. The van der Waals surface area contributed by atoms with Gasteiger partial charge in [-0.25, -0.2) is 0 Å². The number of piperidine rings is 1. The van der Waals surface area contributed by atoms with Crippen LogP contribution in [0, 0.1) is 5.92 Å². The highest BCUT2D eigenvalue weighted by molar-refractivity contribution is 7.99. The van der Waals surface area contributed by atoms with E-state index in [2.05, 4.69) is 10.2 Å². The number of aromatic nitrogens is 3. The first-order valence-corrected chi connectivity index (χ1v) is 9.70. The molecule has 7 nitrogen and oxygen atoms in total. The Morgan fingerprint density at radius 2 is 2.12 bits per heavy atom. The van der Waals surface area contributed by atoms with Crippen molar-refractivity contribution in [1.29, 1.82) is 0 Å². The van der Waals surface area contributed by atoms with Crippen LogP contribution in [-0.4, -0.2) is 57.0 Å². The molecule has 0 aliphatic carbocycles. The normalized spacial score (nSPS) is 17.1. The summed E-state index contributed by atoms with van der Waals surface area (Å²) in [5, 5.41) is 8.73. The molecule has 1 aromatic carbocycles. The highest BCUT2D eigenvalue weighted by Crippen LogP contribution is 2.22. The van der Waals surface area contributed by atoms with Crippen LogP contribution in [0.3, 0.4) is 0 Å². The summed E-state index contributed by atoms with van der Waals surface area (Å²) in [6, 6.07) is 9.75. The molecule has 0 N–H and O–H groups in total. The first-order valence-electron chi connectivity index (χ1n) is 8.71. The predicted octanol–water partition coefficient (Wildman–Crippen LogP) is 2.16. The second-order valence-electron chi connectivity index (χ2n) is 6.04. The van der Waals surface area contributed by atoms with Crippen molar-refractivity contribution in [3.8, 4) is 5.69 Å². The second-order valence-corrected chi connectivity index (χ2v) is 6.98. The summed E-state index contributed by atoms with van der Waals surface area (Å²) in [5.74, 6) is -0.153. The molecule has 0 bridgehead atoms. The van der Waals surface area contributed by atoms with Gasteiger partial charge in [0.2, 0.25) is 5.91 Å². The number of para-hydroxylation sites is 1. The molecular formula is C18H22N4O3S. The average Bonchev–Trinajstić information content (AvgIpc) is 3.15. The summed E-state index contributed by atoms with van der Waals surface area (Å²) in [4.78, 5) is 26.2. The number of carbonyl (C=O) groups is 2. The molecule has 2 heterocycles. The monoisotopic (exact) mass is 374 g/mol. The quantitative estimate of drug-likeness (QED) is 0.570. The van der Waals surface area contributed by atoms with Crippen molar-refractivity contribution in [2.45, 2.75) is 24.9 Å². The molecule has 1 fully saturated rings. The third kappa shape index (κ3) is 4.43. The van der Waals surface area contributed by atoms with Gasteiger partial charge in [-0.3, -0.25) is 14.2 Å². The number of carbonyl (C=O) groups excluding carboxylic acids is 2. The van der Waals surface area contributed by atoms with Crippen LogP contribution in [0.15, 0.2) is 41.8 Å². The van der Waals surface area contributed by atoms with Crippen LogP contribution >= 0.6 is 11.8 Å². The van der Waals surface area contributed by atoms with Crippen molar-refractivity contribution in [3.63, 3.8) is 0 Å². The minimum absolute atomic E-state index is 0.00612. The number of hydrogen-bond acceptors (Lipinski definition) is 6. The van der Waals surface area contributed by atoms with Gasteiger partial charge in [-0.2, -0.15) is 0 Å². The van der Waals surface area contributed by atoms with Gasteiger partial charge in [-0.05, 0) is 31.9 Å². The molecule has 26 heavy (non-hydrogen) atoms. The third-order valence-corrected chi connectivity index (χ3v) is 5.20. The van der Waals surface area contributed by atoms with Crippen LogP contribution in [-0.2, 0) is 14.3 Å². The van der Waals surface area contributed by atoms with E-state index in [-0.39, 0.29) is 23.5 Å². The SMILES string of the molecule is CCOC(=O)[C@@H]1CCCN(C(=O)CSc2nncn2-c2ccccc2)C1. The maximum absolute atomic E-state index is 12.6. The van der Waals surface area contributed by atoms with Gasteiger partial charge < -0.3 is 9.64 Å². The van der Waals surface area contributed by atoms with Crippen LogP contribution in [0.1, 0.15) is 19.8 Å². The average molecular weight is 374 g/mol. The van der Waals surface area contributed by atoms with Crippen molar-refractivity contribution < 1.29 is 14.3 Å². The molecule has 0 unspecified atom stereocenters. The highest BCUT2D eigenvalue weighted by atomic mass is 32.2. The lowest BCUT2D eigenvalue weighted by molar-refractivity contribution is -0.151. The van der Waals surface area contributed by atoms with Crippen molar-refractivity contribution in [2.75, 3.05) is 25.4 Å². The van der Waals surface area contributed by atoms with E-state index in [9.17, 15) is 9.59 Å². The molecule has 1 saturated heterocycles. The van der Waals surface area contributed by atoms with E-state index in [4.69, 9.17) is 4.74 Å². The van der Waals surface area contributed by atoms with Crippen molar-refractivity contribution in [2.24, 2.45) is 5.92 Å². The lowest BCUT2D eigenvalue weighted by Gasteiger charge is -2.31. The Hall–Kier alpha value is -2.35. The predicted molar refractivity (Wildman–Crippen MR) is 98.0 cm³/mol. The van der Waals surface area contributed by atoms with Gasteiger partial charge in [0.1, 0.15) is 6.33 Å². The zero-order valence-electron chi connectivity index (χ0n) is 14.7. The van der Waals surface area contributed by atoms with Gasteiger partial charge in [-0.1, -0.05) is 30.0 Å². The first-order chi connectivity index (χ1) is 12.7. The fraction of sp³-hybridized carbons (Fsp3) is 0.444. The Kier molecular flexibility index (Phi) is 6.27. The smallest absolute Gasteiger partial charge is 0.310 e. The van der Waals surface area contributed by atoms with Crippen LogP contribution in [0.25, 0.3) is 5.69 Å². The van der Waals surface area contributed by atoms with E-state index in [0.717, 1.165) is 18.5 Å². The van der Waals surface area contributed by atoms with Crippen molar-refractivity contribution >= 4 is 23.6 Å². The lowest BCUT2D eigenvalue weighted by atomic mass is 9.98. The van der Waals surface area contributed by atoms with Gasteiger partial charge in [0, 0.05) is 18.8 Å². The highest BCUT2D eigenvalue weighted by Gasteiger charge is 2.29. The van der Waals surface area contributed by atoms with Gasteiger partial charge in [0.25, 0.3) is 0 Å². The van der Waals surface area contributed by atoms with Crippen LogP contribution in [0.2, 0.25) is 0 Å². The summed E-state index contributed by atoms with van der Waals surface area (Å²) in [6.07, 6.45) is 3.23. The summed E-state index contributed by atoms with van der Waals surface area (Å²) >= 11 is 1.35. The van der Waals surface area contributed by atoms with E-state index >= 15 is 0 Å². The van der Waals surface area contributed by atoms with Gasteiger partial charge in [0.05, 0.1) is 18.3 Å². The Morgan fingerprint density at radius 1 is 1.31 bits per heavy atom. The number of esters is 1. The summed E-state index contributed by atoms with van der Waals surface area (Å²) < 4.78 is 6.95. The lowest BCUT2D eigenvalue weighted by Crippen LogP contribution is -2.43. The zero-order valence-corrected chi connectivity index (χ0v) is 15.5. The van der Waals surface area contributed by atoms with Crippen LogP contribution in [0.4, 0.5) is 0 Å². The summed E-state index contributed by atoms with van der Waals surface area (Å²) in [6.45, 7) is 3.28. The largest absolute Gasteiger partial charge is 0.466 e. The number of amides is 1. The Bertz CT molecular complexity index is 750. The Labute approximate surface area is 156 Å². The first kappa shape index (κ1) is 18.4. The molecule has 1 atom stereocenters. The zero-order chi connectivity index (χ0) is 18.4. The number of hydrogen-bond donors (Lipinski definition) is 0. The minimum atomic E-state index is -0.217. The number of rotatable bonds is 6. The summed E-state index contributed by atoms with van der Waals surface area (Å²) in [5.41, 5.74) is 0.952. The van der Waals surface area contributed by atoms with Gasteiger partial charge >= 0.3 is 5.97 Å².